The van der Waals surface area contributed by atoms with Crippen LogP contribution in [0.4, 0.5) is 18.9 Å². The van der Waals surface area contributed by atoms with E-state index in [4.69, 9.17) is 10.5 Å². The normalized spacial score (nSPS) is 17.7. The van der Waals surface area contributed by atoms with Crippen LogP contribution < -0.4 is 10.5 Å². The van der Waals surface area contributed by atoms with Crippen LogP contribution in [0.15, 0.2) is 12.3 Å². The van der Waals surface area contributed by atoms with E-state index < -0.39 is 11.9 Å². The summed E-state index contributed by atoms with van der Waals surface area (Å²) in [5, 5.41) is 0. The lowest BCUT2D eigenvalue weighted by molar-refractivity contribution is -0.141. The first kappa shape index (κ1) is 13.0. The van der Waals surface area contributed by atoms with Gasteiger partial charge in [-0.2, -0.15) is 13.2 Å². The third-order valence-corrected chi connectivity index (χ3v) is 3.03. The first-order valence-electron chi connectivity index (χ1n) is 5.96. The summed E-state index contributed by atoms with van der Waals surface area (Å²) in [5.74, 6) is 0.0872. The van der Waals surface area contributed by atoms with Crippen molar-refractivity contribution >= 4 is 5.69 Å². The maximum absolute atomic E-state index is 12.5. The molecule has 0 bridgehead atoms. The fourth-order valence-electron chi connectivity index (χ4n) is 2.07. The summed E-state index contributed by atoms with van der Waals surface area (Å²) in [5.41, 5.74) is 4.77. The van der Waals surface area contributed by atoms with Gasteiger partial charge in [0.15, 0.2) is 0 Å². The molecule has 0 aromatic carbocycles. The van der Waals surface area contributed by atoms with E-state index in [2.05, 4.69) is 4.98 Å². The van der Waals surface area contributed by atoms with Gasteiger partial charge >= 0.3 is 6.18 Å². The molecule has 1 aromatic heterocycles. The molecular weight excluding hydrogens is 245 g/mol. The molecule has 0 spiro atoms. The number of rotatable bonds is 2. The smallest absolute Gasteiger partial charge is 0.433 e. The van der Waals surface area contributed by atoms with Crippen molar-refractivity contribution in [3.63, 3.8) is 0 Å². The quantitative estimate of drug-likeness (QED) is 0.886. The number of hydrogen-bond acceptors (Lipinski definition) is 3. The topological polar surface area (TPSA) is 48.1 Å². The number of ether oxygens (including phenoxy) is 1. The molecule has 0 amide bonds. The van der Waals surface area contributed by atoms with Gasteiger partial charge in [0.1, 0.15) is 11.4 Å². The number of nitrogens with two attached hydrogens (primary N) is 1. The molecule has 3 nitrogen and oxygen atoms in total. The number of aromatic nitrogens is 1. The second-order valence-electron chi connectivity index (χ2n) is 4.48. The van der Waals surface area contributed by atoms with E-state index in [1.165, 1.54) is 0 Å². The fourth-order valence-corrected chi connectivity index (χ4v) is 2.07. The molecule has 2 rings (SSSR count). The molecule has 2 N–H and O–H groups in total. The Morgan fingerprint density at radius 1 is 1.22 bits per heavy atom. The van der Waals surface area contributed by atoms with Gasteiger partial charge in [-0.1, -0.05) is 6.42 Å². The van der Waals surface area contributed by atoms with Crippen LogP contribution in [0.2, 0.25) is 0 Å². The molecule has 0 saturated heterocycles. The summed E-state index contributed by atoms with van der Waals surface area (Å²) < 4.78 is 43.1. The van der Waals surface area contributed by atoms with Crippen molar-refractivity contribution in [3.8, 4) is 5.75 Å². The average Bonchev–Trinajstić information content (AvgIpc) is 2.32. The Bertz CT molecular complexity index is 414. The predicted octanol–water partition coefficient (Wildman–Crippen LogP) is 3.39. The van der Waals surface area contributed by atoms with E-state index in [1.54, 1.807) is 0 Å². The van der Waals surface area contributed by atoms with Crippen molar-refractivity contribution in [3.05, 3.63) is 18.0 Å². The van der Waals surface area contributed by atoms with Gasteiger partial charge in [0, 0.05) is 6.07 Å². The lowest BCUT2D eigenvalue weighted by Gasteiger charge is -2.24. The highest BCUT2D eigenvalue weighted by atomic mass is 19.4. The molecule has 100 valence electrons. The van der Waals surface area contributed by atoms with Crippen LogP contribution in [0.1, 0.15) is 37.8 Å². The van der Waals surface area contributed by atoms with E-state index in [1.807, 2.05) is 0 Å². The summed E-state index contributed by atoms with van der Waals surface area (Å²) in [4.78, 5) is 3.27. The van der Waals surface area contributed by atoms with Gasteiger partial charge < -0.3 is 10.5 Å². The second-order valence-corrected chi connectivity index (χ2v) is 4.48. The van der Waals surface area contributed by atoms with Crippen molar-refractivity contribution in [2.24, 2.45) is 0 Å². The number of halogens is 3. The van der Waals surface area contributed by atoms with Gasteiger partial charge in [0.2, 0.25) is 0 Å². The first-order valence-corrected chi connectivity index (χ1v) is 5.96. The molecule has 18 heavy (non-hydrogen) atoms. The standard InChI is InChI=1S/C12H15F3N2O/c13-12(14,15)11-6-10(9(16)7-17-11)18-8-4-2-1-3-5-8/h6-8H,1-5,16H2. The highest BCUT2D eigenvalue weighted by molar-refractivity contribution is 5.51. The third-order valence-electron chi connectivity index (χ3n) is 3.03. The van der Waals surface area contributed by atoms with Crippen LogP contribution >= 0.6 is 0 Å². The Labute approximate surface area is 103 Å². The molecule has 1 fully saturated rings. The Hall–Kier alpha value is -1.46. The van der Waals surface area contributed by atoms with Gasteiger partial charge in [0.05, 0.1) is 18.0 Å². The van der Waals surface area contributed by atoms with Gasteiger partial charge in [0.25, 0.3) is 0 Å². The van der Waals surface area contributed by atoms with Crippen LogP contribution in [0.5, 0.6) is 5.75 Å². The zero-order valence-electron chi connectivity index (χ0n) is 9.83. The van der Waals surface area contributed by atoms with Gasteiger partial charge in [-0.15, -0.1) is 0 Å². The molecule has 1 aliphatic rings. The van der Waals surface area contributed by atoms with Crippen LogP contribution in [0, 0.1) is 0 Å². The Kier molecular flexibility index (Phi) is 3.63. The maximum Gasteiger partial charge on any atom is 0.433 e. The zero-order valence-corrected chi connectivity index (χ0v) is 9.83. The lowest BCUT2D eigenvalue weighted by atomic mass is 9.98. The Balaban J connectivity index is 2.15. The van der Waals surface area contributed by atoms with Crippen molar-refractivity contribution < 1.29 is 17.9 Å². The van der Waals surface area contributed by atoms with E-state index in [0.29, 0.717) is 0 Å². The Morgan fingerprint density at radius 2 is 1.89 bits per heavy atom. The van der Waals surface area contributed by atoms with E-state index in [-0.39, 0.29) is 17.5 Å². The number of hydrogen-bond donors (Lipinski definition) is 1. The summed E-state index contributed by atoms with van der Waals surface area (Å²) in [7, 11) is 0. The lowest BCUT2D eigenvalue weighted by Crippen LogP contribution is -2.20. The Morgan fingerprint density at radius 3 is 2.50 bits per heavy atom. The number of alkyl halides is 3. The monoisotopic (exact) mass is 260 g/mol. The number of anilines is 1. The molecule has 0 unspecified atom stereocenters. The number of pyridine rings is 1. The molecule has 0 aliphatic heterocycles. The van der Waals surface area contributed by atoms with Crippen molar-refractivity contribution in [1.29, 1.82) is 0 Å². The largest absolute Gasteiger partial charge is 0.488 e. The molecule has 0 atom stereocenters. The predicted molar refractivity (Wildman–Crippen MR) is 61.2 cm³/mol. The summed E-state index contributed by atoms with van der Waals surface area (Å²) in [6.45, 7) is 0. The molecule has 1 heterocycles. The van der Waals surface area contributed by atoms with Crippen molar-refractivity contribution in [2.45, 2.75) is 44.4 Å². The minimum absolute atomic E-state index is 0.0375. The second kappa shape index (κ2) is 5.04. The van der Waals surface area contributed by atoms with E-state index >= 15 is 0 Å². The zero-order chi connectivity index (χ0) is 13.2. The molecule has 6 heteroatoms. The van der Waals surface area contributed by atoms with E-state index in [9.17, 15) is 13.2 Å². The molecule has 1 aliphatic carbocycles. The van der Waals surface area contributed by atoms with Gasteiger partial charge in [-0.05, 0) is 25.7 Å². The first-order chi connectivity index (χ1) is 8.47. The maximum atomic E-state index is 12.5. The average molecular weight is 260 g/mol. The summed E-state index contributed by atoms with van der Waals surface area (Å²) >= 11 is 0. The highest BCUT2D eigenvalue weighted by Gasteiger charge is 2.33. The van der Waals surface area contributed by atoms with Gasteiger partial charge in [-0.3, -0.25) is 0 Å². The van der Waals surface area contributed by atoms with Crippen LogP contribution in [0.3, 0.4) is 0 Å². The minimum Gasteiger partial charge on any atom is -0.488 e. The molecular formula is C12H15F3N2O. The van der Waals surface area contributed by atoms with Crippen LogP contribution in [-0.2, 0) is 6.18 Å². The van der Waals surface area contributed by atoms with Crippen LogP contribution in [0.25, 0.3) is 0 Å². The van der Waals surface area contributed by atoms with Gasteiger partial charge in [-0.25, -0.2) is 4.98 Å². The summed E-state index contributed by atoms with van der Waals surface area (Å²) in [6, 6.07) is 0.879. The highest BCUT2D eigenvalue weighted by Crippen LogP contribution is 2.33. The van der Waals surface area contributed by atoms with Crippen molar-refractivity contribution in [2.75, 3.05) is 5.73 Å². The molecule has 0 radical (unpaired) electrons. The van der Waals surface area contributed by atoms with E-state index in [0.717, 1.165) is 44.4 Å². The number of nitrogens with zero attached hydrogens (tertiary/aromatic N) is 1. The van der Waals surface area contributed by atoms with Crippen LogP contribution in [-0.4, -0.2) is 11.1 Å². The third kappa shape index (κ3) is 3.05. The fraction of sp³-hybridized carbons (Fsp3) is 0.583. The molecule has 1 saturated carbocycles. The summed E-state index contributed by atoms with van der Waals surface area (Å²) in [6.07, 6.45) is 1.46. The minimum atomic E-state index is -4.47. The molecule has 1 aromatic rings. The SMILES string of the molecule is Nc1cnc(C(F)(F)F)cc1OC1CCCCC1. The number of nitrogen functional groups attached to an aromatic ring is 1. The van der Waals surface area contributed by atoms with Crippen molar-refractivity contribution in [1.82, 2.24) is 4.98 Å².